The molecule has 0 aromatic rings. The molecule has 0 aromatic carbocycles. The molecule has 0 radical (unpaired) electrons. The summed E-state index contributed by atoms with van der Waals surface area (Å²) < 4.78 is 0. The molecule has 0 atom stereocenters. The maximum atomic E-state index is 1.57. The molecule has 0 saturated heterocycles. The van der Waals surface area contributed by atoms with Gasteiger partial charge in [0.15, 0.2) is 17.4 Å². The Labute approximate surface area is 51.7 Å². The van der Waals surface area contributed by atoms with E-state index in [1.807, 2.05) is 0 Å². The third kappa shape index (κ3) is 9.28. The van der Waals surface area contributed by atoms with Crippen LogP contribution in [0.25, 0.3) is 0 Å². The summed E-state index contributed by atoms with van der Waals surface area (Å²) in [6.45, 7) is 0. The van der Waals surface area contributed by atoms with Crippen molar-refractivity contribution in [1.29, 1.82) is 0 Å². The van der Waals surface area contributed by atoms with E-state index >= 15 is 0 Å². The SMILES string of the molecule is [AlH3].[SiH3][Mg][SiH3]. The molecule has 0 heterocycles. The molecule has 0 aliphatic carbocycles. The van der Waals surface area contributed by atoms with Crippen molar-refractivity contribution in [2.45, 2.75) is 0 Å². The van der Waals surface area contributed by atoms with Crippen molar-refractivity contribution < 1.29 is 0 Å². The first-order chi connectivity index (χ1) is 1.41. The fourth-order valence-corrected chi connectivity index (χ4v) is 0. The highest BCUT2D eigenvalue weighted by atomic mass is 28.6. The van der Waals surface area contributed by atoms with Crippen molar-refractivity contribution in [3.05, 3.63) is 0 Å². The Morgan fingerprint density at radius 2 is 1.25 bits per heavy atom. The summed E-state index contributed by atoms with van der Waals surface area (Å²) in [5.41, 5.74) is 0. The predicted molar refractivity (Wildman–Crippen MR) is 35.6 cm³/mol. The van der Waals surface area contributed by atoms with Crippen molar-refractivity contribution in [3.63, 3.8) is 0 Å². The largest absolute Gasteiger partial charge is 0.337 e. The van der Waals surface area contributed by atoms with Crippen molar-refractivity contribution in [1.82, 2.24) is 0 Å². The minimum Gasteiger partial charge on any atom is -0.106 e. The maximum absolute atomic E-state index is 1.57. The molecule has 0 bridgehead atoms. The summed E-state index contributed by atoms with van der Waals surface area (Å²) >= 11 is 0.694. The zero-order valence-corrected chi connectivity index (χ0v) is 8.12. The Balaban J connectivity index is 0. The standard InChI is InChI=1S/Al.Mg.2H3Si.3H/h;;2*1H3;;;. The van der Waals surface area contributed by atoms with Crippen LogP contribution in [0.15, 0.2) is 0 Å². The Hall–Kier alpha value is 1.73. The topological polar surface area (TPSA) is 0 Å². The molecule has 4 heteroatoms. The van der Waals surface area contributed by atoms with Gasteiger partial charge in [-0.2, -0.15) is 0 Å². The minimum atomic E-state index is 0. The van der Waals surface area contributed by atoms with Crippen LogP contribution in [-0.4, -0.2) is 52.0 Å². The smallest absolute Gasteiger partial charge is 0.106 e. The van der Waals surface area contributed by atoms with Crippen LogP contribution in [0.4, 0.5) is 0 Å². The Morgan fingerprint density at radius 3 is 1.25 bits per heavy atom. The summed E-state index contributed by atoms with van der Waals surface area (Å²) in [6.07, 6.45) is 0. The molecular weight excluding hydrogens is 107 g/mol. The summed E-state index contributed by atoms with van der Waals surface area (Å²) in [6, 6.07) is 0. The predicted octanol–water partition coefficient (Wildman–Crippen LogP) is -3.93. The molecule has 0 unspecified atom stereocenters. The van der Waals surface area contributed by atoms with Gasteiger partial charge in [-0.1, -0.05) is 0 Å². The van der Waals surface area contributed by atoms with Crippen molar-refractivity contribution >= 4 is 52.0 Å². The van der Waals surface area contributed by atoms with E-state index < -0.39 is 0 Å². The zero-order valence-electron chi connectivity index (χ0n) is 2.71. The normalized spacial score (nSPS) is 4.00. The average Bonchev–Trinajstić information content (AvgIpc) is 0.918. The van der Waals surface area contributed by atoms with Crippen LogP contribution in [0.1, 0.15) is 0 Å². The molecule has 22 valence electrons. The maximum Gasteiger partial charge on any atom is 0.337 e. The first-order valence-corrected chi connectivity index (χ1v) is 12.7. The van der Waals surface area contributed by atoms with E-state index in [0.717, 1.165) is 0 Å². The van der Waals surface area contributed by atoms with Crippen LogP contribution >= 0.6 is 0 Å². The number of hydrogen-bond donors (Lipinski definition) is 0. The molecule has 0 spiro atoms. The molecular formula is H9AlMgSi2. The molecule has 0 aliphatic heterocycles. The van der Waals surface area contributed by atoms with Crippen LogP contribution in [0, 0.1) is 0 Å². The van der Waals surface area contributed by atoms with E-state index in [2.05, 4.69) is 0 Å². The average molecular weight is 117 g/mol. The fourth-order valence-electron chi connectivity index (χ4n) is 0. The van der Waals surface area contributed by atoms with Gasteiger partial charge in [0.1, 0.15) is 0 Å². The van der Waals surface area contributed by atoms with E-state index in [1.54, 1.807) is 15.8 Å². The van der Waals surface area contributed by atoms with Crippen molar-refractivity contribution in [2.24, 2.45) is 0 Å². The highest BCUT2D eigenvalue weighted by Crippen LogP contribution is 1.03. The van der Waals surface area contributed by atoms with Gasteiger partial charge in [-0.05, 0) is 0 Å². The third-order valence-electron chi connectivity index (χ3n) is 0. The van der Waals surface area contributed by atoms with Crippen molar-refractivity contribution in [2.75, 3.05) is 0 Å². The Bertz CT molecular complexity index is 6.00. The summed E-state index contributed by atoms with van der Waals surface area (Å²) in [7, 11) is 3.14. The number of rotatable bonds is 0. The van der Waals surface area contributed by atoms with Gasteiger partial charge in [0.05, 0.1) is 0 Å². The lowest BCUT2D eigenvalue weighted by Crippen LogP contribution is -1.79. The van der Waals surface area contributed by atoms with Crippen LogP contribution in [0.5, 0.6) is 0 Å². The quantitative estimate of drug-likeness (QED) is 0.284. The molecule has 0 aromatic heterocycles. The molecule has 0 rings (SSSR count). The van der Waals surface area contributed by atoms with E-state index in [9.17, 15) is 0 Å². The molecule has 0 fully saturated rings. The van der Waals surface area contributed by atoms with Gasteiger partial charge < -0.3 is 0 Å². The highest BCUT2D eigenvalue weighted by Gasteiger charge is 1.55. The lowest BCUT2D eigenvalue weighted by molar-refractivity contribution is 4.34. The second-order valence-corrected chi connectivity index (χ2v) is 19.1. The van der Waals surface area contributed by atoms with Gasteiger partial charge in [0.2, 0.25) is 0 Å². The highest BCUT2D eigenvalue weighted by molar-refractivity contribution is 7.17. The first-order valence-electron chi connectivity index (χ1n) is 1.41. The Kier molecular flexibility index (Phi) is 20.3. The van der Waals surface area contributed by atoms with Crippen LogP contribution in [0.3, 0.4) is 0 Å². The molecule has 0 saturated carbocycles. The second-order valence-electron chi connectivity index (χ2n) is 0.707. The van der Waals surface area contributed by atoms with Gasteiger partial charge in [0.25, 0.3) is 0 Å². The van der Waals surface area contributed by atoms with Crippen LogP contribution in [-0.2, 0) is 0 Å². The van der Waals surface area contributed by atoms with Gasteiger partial charge in [-0.15, -0.1) is 15.8 Å². The number of hydrogen-bond acceptors (Lipinski definition) is 0. The van der Waals surface area contributed by atoms with E-state index in [1.165, 1.54) is 0 Å². The summed E-state index contributed by atoms with van der Waals surface area (Å²) in [5.74, 6) is 0. The van der Waals surface area contributed by atoms with Gasteiger partial charge in [0, 0.05) is 0 Å². The second kappa shape index (κ2) is 8.83. The lowest BCUT2D eigenvalue weighted by atomic mass is 23.8. The monoisotopic (exact) mass is 116 g/mol. The summed E-state index contributed by atoms with van der Waals surface area (Å²) in [5, 5.41) is 0. The molecule has 0 nitrogen and oxygen atoms in total. The van der Waals surface area contributed by atoms with E-state index in [4.69, 9.17) is 0 Å². The van der Waals surface area contributed by atoms with Gasteiger partial charge in [-0.25, -0.2) is 0 Å². The molecule has 0 amide bonds. The van der Waals surface area contributed by atoms with Gasteiger partial charge in [-0.3, -0.25) is 0 Å². The third-order valence-corrected chi connectivity index (χ3v) is 0. The van der Waals surface area contributed by atoms with Crippen LogP contribution in [0.2, 0.25) is 0 Å². The molecule has 0 aliphatic rings. The van der Waals surface area contributed by atoms with E-state index in [-0.39, 0.29) is 17.4 Å². The Morgan fingerprint density at radius 1 is 1.25 bits per heavy atom. The first kappa shape index (κ1) is 9.22. The fraction of sp³-hybridized carbons (Fsp3) is 0. The van der Waals surface area contributed by atoms with Crippen LogP contribution < -0.4 is 0 Å². The minimum absolute atomic E-state index is 0. The van der Waals surface area contributed by atoms with Crippen molar-refractivity contribution in [3.8, 4) is 0 Å². The molecule has 0 N–H and O–H groups in total. The van der Waals surface area contributed by atoms with E-state index in [0.29, 0.717) is 18.8 Å². The zero-order chi connectivity index (χ0) is 2.71. The summed E-state index contributed by atoms with van der Waals surface area (Å²) in [4.78, 5) is 0. The lowest BCUT2D eigenvalue weighted by Gasteiger charge is -1.32. The molecule has 4 heavy (non-hydrogen) atoms. The van der Waals surface area contributed by atoms with Gasteiger partial charge >= 0.3 is 18.8 Å².